The number of thioether (sulfide) groups is 1. The highest BCUT2D eigenvalue weighted by Crippen LogP contribution is 2.28. The van der Waals surface area contributed by atoms with Crippen molar-refractivity contribution in [2.45, 2.75) is 43.8 Å². The molecule has 0 saturated heterocycles. The summed E-state index contributed by atoms with van der Waals surface area (Å²) in [6, 6.07) is 0. The summed E-state index contributed by atoms with van der Waals surface area (Å²) in [6.07, 6.45) is -0.258. The zero-order chi connectivity index (χ0) is 9.07. The van der Waals surface area contributed by atoms with Crippen LogP contribution in [0.1, 0.15) is 27.7 Å². The fourth-order valence-electron chi connectivity index (χ4n) is 0.650. The lowest BCUT2D eigenvalue weighted by Crippen LogP contribution is -2.31. The van der Waals surface area contributed by atoms with Gasteiger partial charge in [-0.15, -0.1) is 11.8 Å². The van der Waals surface area contributed by atoms with Gasteiger partial charge in [0.2, 0.25) is 0 Å². The van der Waals surface area contributed by atoms with Crippen LogP contribution in [0, 0.1) is 0 Å². The van der Waals surface area contributed by atoms with Crippen LogP contribution in [0.3, 0.4) is 0 Å². The molecule has 0 saturated carbocycles. The third-order valence-electron chi connectivity index (χ3n) is 1.68. The normalized spacial score (nSPS) is 18.0. The van der Waals surface area contributed by atoms with Gasteiger partial charge in [-0.2, -0.15) is 0 Å². The van der Waals surface area contributed by atoms with E-state index >= 15 is 0 Å². The van der Waals surface area contributed by atoms with E-state index in [2.05, 4.69) is 13.8 Å². The Hall–Kier alpha value is 0.270. The van der Waals surface area contributed by atoms with Crippen molar-refractivity contribution < 1.29 is 5.11 Å². The smallest absolute Gasteiger partial charge is 0.0628 e. The first-order chi connectivity index (χ1) is 4.89. The maximum Gasteiger partial charge on any atom is 0.0628 e. The average Bonchev–Trinajstić information content (AvgIpc) is 1.87. The van der Waals surface area contributed by atoms with Crippen molar-refractivity contribution in [2.24, 2.45) is 5.73 Å². The summed E-state index contributed by atoms with van der Waals surface area (Å²) >= 11 is 1.73. The van der Waals surface area contributed by atoms with Crippen LogP contribution in [0.25, 0.3) is 0 Å². The minimum atomic E-state index is -0.258. The standard InChI is InChI=1S/C8H19NOS/c1-6(10)7(2)11-8(3,4)5-9/h6-7,10H,5,9H2,1-4H3. The summed E-state index contributed by atoms with van der Waals surface area (Å²) in [7, 11) is 0. The number of aliphatic hydroxyl groups excluding tert-OH is 1. The van der Waals surface area contributed by atoms with Gasteiger partial charge in [0.25, 0.3) is 0 Å². The van der Waals surface area contributed by atoms with Gasteiger partial charge >= 0.3 is 0 Å². The summed E-state index contributed by atoms with van der Waals surface area (Å²) in [4.78, 5) is 0. The number of aliphatic hydroxyl groups is 1. The maximum absolute atomic E-state index is 9.22. The van der Waals surface area contributed by atoms with E-state index in [4.69, 9.17) is 5.73 Å². The van der Waals surface area contributed by atoms with Crippen molar-refractivity contribution in [2.75, 3.05) is 6.54 Å². The minimum Gasteiger partial charge on any atom is -0.392 e. The molecular weight excluding hydrogens is 158 g/mol. The molecule has 0 amide bonds. The summed E-state index contributed by atoms with van der Waals surface area (Å²) in [5, 5.41) is 9.48. The van der Waals surface area contributed by atoms with E-state index in [1.807, 2.05) is 13.8 Å². The Morgan fingerprint density at radius 1 is 1.45 bits per heavy atom. The number of hydrogen-bond acceptors (Lipinski definition) is 3. The van der Waals surface area contributed by atoms with E-state index in [0.717, 1.165) is 0 Å². The quantitative estimate of drug-likeness (QED) is 0.679. The molecule has 3 N–H and O–H groups in total. The fraction of sp³-hybridized carbons (Fsp3) is 1.00. The van der Waals surface area contributed by atoms with E-state index in [1.165, 1.54) is 0 Å². The number of hydrogen-bond donors (Lipinski definition) is 2. The van der Waals surface area contributed by atoms with E-state index in [0.29, 0.717) is 6.54 Å². The van der Waals surface area contributed by atoms with Gasteiger partial charge in [-0.25, -0.2) is 0 Å². The Morgan fingerprint density at radius 2 is 1.91 bits per heavy atom. The van der Waals surface area contributed by atoms with Crippen molar-refractivity contribution >= 4 is 11.8 Å². The van der Waals surface area contributed by atoms with Crippen LogP contribution in [0.2, 0.25) is 0 Å². The van der Waals surface area contributed by atoms with Crippen LogP contribution in [0.15, 0.2) is 0 Å². The van der Waals surface area contributed by atoms with Gasteiger partial charge in [-0.3, -0.25) is 0 Å². The molecule has 0 aromatic heterocycles. The van der Waals surface area contributed by atoms with Crippen molar-refractivity contribution in [3.05, 3.63) is 0 Å². The van der Waals surface area contributed by atoms with E-state index in [-0.39, 0.29) is 16.1 Å². The molecule has 0 aliphatic heterocycles. The highest BCUT2D eigenvalue weighted by Gasteiger charge is 2.22. The lowest BCUT2D eigenvalue weighted by atomic mass is 10.2. The molecule has 68 valence electrons. The van der Waals surface area contributed by atoms with Gasteiger partial charge in [0, 0.05) is 16.5 Å². The van der Waals surface area contributed by atoms with Gasteiger partial charge in [0.1, 0.15) is 0 Å². The molecule has 0 bridgehead atoms. The molecule has 0 rings (SSSR count). The second-order valence-corrected chi connectivity index (χ2v) is 5.61. The van der Waals surface area contributed by atoms with E-state index in [9.17, 15) is 5.11 Å². The van der Waals surface area contributed by atoms with Crippen molar-refractivity contribution in [1.82, 2.24) is 0 Å². The predicted octanol–water partition coefficient (Wildman–Crippen LogP) is 1.23. The monoisotopic (exact) mass is 177 g/mol. The summed E-state index contributed by atoms with van der Waals surface area (Å²) in [5.41, 5.74) is 5.55. The molecule has 0 spiro atoms. The first-order valence-electron chi connectivity index (χ1n) is 3.95. The Bertz CT molecular complexity index is 115. The molecule has 2 atom stereocenters. The highest BCUT2D eigenvalue weighted by molar-refractivity contribution is 8.01. The Morgan fingerprint density at radius 3 is 2.18 bits per heavy atom. The van der Waals surface area contributed by atoms with Crippen LogP contribution in [-0.2, 0) is 0 Å². The summed E-state index contributed by atoms with van der Waals surface area (Å²) in [5.74, 6) is 0. The first kappa shape index (κ1) is 11.3. The minimum absolute atomic E-state index is 0.0798. The Labute approximate surface area is 73.6 Å². The van der Waals surface area contributed by atoms with Crippen molar-refractivity contribution in [3.8, 4) is 0 Å². The molecule has 3 heteroatoms. The molecule has 0 fully saturated rings. The third-order valence-corrected chi connectivity index (χ3v) is 3.25. The topological polar surface area (TPSA) is 46.2 Å². The predicted molar refractivity (Wildman–Crippen MR) is 51.9 cm³/mol. The van der Waals surface area contributed by atoms with Crippen molar-refractivity contribution in [1.29, 1.82) is 0 Å². The third kappa shape index (κ3) is 4.67. The molecule has 2 nitrogen and oxygen atoms in total. The molecule has 0 heterocycles. The number of rotatable bonds is 4. The van der Waals surface area contributed by atoms with Gasteiger partial charge in [-0.05, 0) is 20.8 Å². The van der Waals surface area contributed by atoms with E-state index in [1.54, 1.807) is 11.8 Å². The van der Waals surface area contributed by atoms with Crippen LogP contribution in [0.4, 0.5) is 0 Å². The van der Waals surface area contributed by atoms with Gasteiger partial charge in [0.15, 0.2) is 0 Å². The fourth-order valence-corrected chi connectivity index (χ4v) is 1.95. The molecule has 0 aliphatic rings. The molecule has 0 aliphatic carbocycles. The zero-order valence-electron chi connectivity index (χ0n) is 7.79. The second kappa shape index (κ2) is 4.33. The van der Waals surface area contributed by atoms with Gasteiger partial charge in [-0.1, -0.05) is 6.92 Å². The molecule has 0 aromatic rings. The molecular formula is C8H19NOS. The molecule has 0 radical (unpaired) electrons. The second-order valence-electron chi connectivity index (χ2n) is 3.53. The van der Waals surface area contributed by atoms with Crippen LogP contribution in [-0.4, -0.2) is 27.8 Å². The average molecular weight is 177 g/mol. The number of nitrogens with two attached hydrogens (primary N) is 1. The van der Waals surface area contributed by atoms with Crippen LogP contribution >= 0.6 is 11.8 Å². The molecule has 0 aromatic carbocycles. The van der Waals surface area contributed by atoms with Gasteiger partial charge in [0.05, 0.1) is 6.10 Å². The zero-order valence-corrected chi connectivity index (χ0v) is 8.61. The molecule has 2 unspecified atom stereocenters. The maximum atomic E-state index is 9.22. The largest absolute Gasteiger partial charge is 0.392 e. The first-order valence-corrected chi connectivity index (χ1v) is 4.83. The van der Waals surface area contributed by atoms with Crippen molar-refractivity contribution in [3.63, 3.8) is 0 Å². The van der Waals surface area contributed by atoms with Gasteiger partial charge < -0.3 is 10.8 Å². The van der Waals surface area contributed by atoms with E-state index < -0.39 is 0 Å². The summed E-state index contributed by atoms with van der Waals surface area (Å²) < 4.78 is 0.0798. The SMILES string of the molecule is CC(O)C(C)SC(C)(C)CN. The lowest BCUT2D eigenvalue weighted by Gasteiger charge is -2.27. The van der Waals surface area contributed by atoms with Crippen LogP contribution < -0.4 is 5.73 Å². The molecule has 11 heavy (non-hydrogen) atoms. The Balaban J connectivity index is 3.83. The highest BCUT2D eigenvalue weighted by atomic mass is 32.2. The Kier molecular flexibility index (Phi) is 4.44. The van der Waals surface area contributed by atoms with Crippen LogP contribution in [0.5, 0.6) is 0 Å². The lowest BCUT2D eigenvalue weighted by molar-refractivity contribution is 0.196. The summed E-state index contributed by atoms with van der Waals surface area (Å²) in [6.45, 7) is 8.67.